The van der Waals surface area contributed by atoms with Crippen LogP contribution in [0.5, 0.6) is 0 Å². The molecule has 0 amide bonds. The average molecular weight is 301 g/mol. The molecule has 4 fully saturated rings. The molecule has 4 bridgehead atoms. The SMILES string of the molecule is Clc1ccc2c(ccn2CC2[C@H]3CC4C[C@H]2CN(C4)C3)c1. The fourth-order valence-electron chi connectivity index (χ4n) is 5.36. The number of piperidine rings is 3. The highest BCUT2D eigenvalue weighted by Crippen LogP contribution is 2.47. The van der Waals surface area contributed by atoms with E-state index in [9.17, 15) is 0 Å². The van der Waals surface area contributed by atoms with Gasteiger partial charge < -0.3 is 9.47 Å². The normalized spacial score (nSPS) is 37.5. The second-order valence-corrected chi connectivity index (χ2v) is 7.85. The van der Waals surface area contributed by atoms with Crippen LogP contribution in [0.2, 0.25) is 5.02 Å². The number of rotatable bonds is 2. The minimum atomic E-state index is 0.836. The summed E-state index contributed by atoms with van der Waals surface area (Å²) >= 11 is 6.10. The van der Waals surface area contributed by atoms with Crippen LogP contribution in [0.1, 0.15) is 12.8 Å². The van der Waals surface area contributed by atoms with Crippen LogP contribution in [0.15, 0.2) is 30.5 Å². The van der Waals surface area contributed by atoms with Gasteiger partial charge >= 0.3 is 0 Å². The van der Waals surface area contributed by atoms with Crippen molar-refractivity contribution in [3.8, 4) is 0 Å². The predicted molar refractivity (Wildman–Crippen MR) is 86.6 cm³/mol. The minimum Gasteiger partial charge on any atom is -0.347 e. The summed E-state index contributed by atoms with van der Waals surface area (Å²) in [7, 11) is 0. The van der Waals surface area contributed by atoms with Crippen LogP contribution < -0.4 is 0 Å². The van der Waals surface area contributed by atoms with E-state index in [1.807, 2.05) is 6.07 Å². The summed E-state index contributed by atoms with van der Waals surface area (Å²) < 4.78 is 2.47. The van der Waals surface area contributed by atoms with Crippen molar-refractivity contribution in [2.24, 2.45) is 23.7 Å². The molecule has 1 aromatic heterocycles. The first-order chi connectivity index (χ1) is 10.3. The van der Waals surface area contributed by atoms with E-state index in [0.717, 1.165) is 28.7 Å². The average Bonchev–Trinajstić information content (AvgIpc) is 2.84. The quantitative estimate of drug-likeness (QED) is 0.817. The van der Waals surface area contributed by atoms with Crippen molar-refractivity contribution >= 4 is 22.5 Å². The Kier molecular flexibility index (Phi) is 2.69. The van der Waals surface area contributed by atoms with E-state index >= 15 is 0 Å². The highest BCUT2D eigenvalue weighted by molar-refractivity contribution is 6.31. The predicted octanol–water partition coefficient (Wildman–Crippen LogP) is 3.88. The number of aromatic nitrogens is 1. The smallest absolute Gasteiger partial charge is 0.0481 e. The summed E-state index contributed by atoms with van der Waals surface area (Å²) in [5.41, 5.74) is 1.34. The molecule has 21 heavy (non-hydrogen) atoms. The summed E-state index contributed by atoms with van der Waals surface area (Å²) in [4.78, 5) is 2.72. The fraction of sp³-hybridized carbons (Fsp3) is 0.556. The molecule has 3 aliphatic heterocycles. The minimum absolute atomic E-state index is 0.836. The van der Waals surface area contributed by atoms with E-state index in [1.54, 1.807) is 0 Å². The molecule has 0 radical (unpaired) electrons. The van der Waals surface area contributed by atoms with Gasteiger partial charge in [-0.05, 0) is 60.8 Å². The van der Waals surface area contributed by atoms with Gasteiger partial charge in [0.25, 0.3) is 0 Å². The van der Waals surface area contributed by atoms with E-state index in [0.29, 0.717) is 0 Å². The van der Waals surface area contributed by atoms with E-state index in [-0.39, 0.29) is 0 Å². The van der Waals surface area contributed by atoms with Crippen molar-refractivity contribution in [3.05, 3.63) is 35.5 Å². The second kappa shape index (κ2) is 4.50. The van der Waals surface area contributed by atoms with Gasteiger partial charge in [-0.25, -0.2) is 0 Å². The zero-order valence-electron chi connectivity index (χ0n) is 12.2. The lowest BCUT2D eigenvalue weighted by Gasteiger charge is -2.56. The lowest BCUT2D eigenvalue weighted by atomic mass is 9.62. The van der Waals surface area contributed by atoms with Gasteiger partial charge in [0.2, 0.25) is 0 Å². The van der Waals surface area contributed by atoms with Crippen molar-refractivity contribution in [2.75, 3.05) is 19.6 Å². The Hall–Kier alpha value is -0.990. The molecule has 3 saturated heterocycles. The van der Waals surface area contributed by atoms with Crippen LogP contribution in [0.4, 0.5) is 0 Å². The van der Waals surface area contributed by atoms with Gasteiger partial charge in [-0.2, -0.15) is 0 Å². The third-order valence-corrected chi connectivity index (χ3v) is 6.36. The van der Waals surface area contributed by atoms with Gasteiger partial charge in [0.1, 0.15) is 0 Å². The lowest BCUT2D eigenvalue weighted by Crippen LogP contribution is -2.58. The summed E-state index contributed by atoms with van der Waals surface area (Å²) in [6.07, 6.45) is 5.21. The summed E-state index contributed by atoms with van der Waals surface area (Å²) in [5, 5.41) is 2.11. The fourth-order valence-corrected chi connectivity index (χ4v) is 5.54. The molecular formula is C18H21ClN2. The van der Waals surface area contributed by atoms with Gasteiger partial charge in [0.05, 0.1) is 0 Å². The molecule has 1 aliphatic carbocycles. The Morgan fingerprint density at radius 3 is 2.62 bits per heavy atom. The maximum absolute atomic E-state index is 6.10. The maximum Gasteiger partial charge on any atom is 0.0481 e. The molecule has 1 saturated carbocycles. The molecule has 110 valence electrons. The largest absolute Gasteiger partial charge is 0.347 e. The second-order valence-electron chi connectivity index (χ2n) is 7.41. The number of halogens is 1. The molecule has 1 aromatic carbocycles. The third kappa shape index (κ3) is 1.96. The van der Waals surface area contributed by atoms with Gasteiger partial charge in [-0.3, -0.25) is 0 Å². The molecule has 0 N–H and O–H groups in total. The number of hydrogen-bond donors (Lipinski definition) is 0. The van der Waals surface area contributed by atoms with Crippen molar-refractivity contribution < 1.29 is 0 Å². The first-order valence-electron chi connectivity index (χ1n) is 8.23. The van der Waals surface area contributed by atoms with Gasteiger partial charge in [0, 0.05) is 48.3 Å². The molecule has 6 rings (SSSR count). The molecule has 2 atom stereocenters. The molecule has 0 unspecified atom stereocenters. The number of nitrogens with zero attached hydrogens (tertiary/aromatic N) is 2. The molecule has 2 aromatic rings. The van der Waals surface area contributed by atoms with E-state index < -0.39 is 0 Å². The van der Waals surface area contributed by atoms with E-state index in [4.69, 9.17) is 11.6 Å². The van der Waals surface area contributed by atoms with Crippen LogP contribution in [-0.4, -0.2) is 29.1 Å². The van der Waals surface area contributed by atoms with Gasteiger partial charge in [0.15, 0.2) is 0 Å². The topological polar surface area (TPSA) is 8.17 Å². The number of fused-ring (bicyclic) bond motifs is 1. The number of hydrogen-bond acceptors (Lipinski definition) is 1. The lowest BCUT2D eigenvalue weighted by molar-refractivity contribution is -0.0691. The Balaban J connectivity index is 1.46. The van der Waals surface area contributed by atoms with Crippen LogP contribution >= 0.6 is 11.6 Å². The molecule has 4 heterocycles. The van der Waals surface area contributed by atoms with Crippen molar-refractivity contribution in [2.45, 2.75) is 19.4 Å². The zero-order chi connectivity index (χ0) is 14.0. The van der Waals surface area contributed by atoms with Gasteiger partial charge in [-0.1, -0.05) is 11.6 Å². The summed E-state index contributed by atoms with van der Waals surface area (Å²) in [6.45, 7) is 5.27. The standard InChI is InChI=1S/C18H21ClN2/c19-16-1-2-18-13(7-16)3-4-21(18)11-17-14-5-12-6-15(17)10-20(8-12)9-14/h1-4,7,12,14-15,17H,5-6,8-11H2/t12?,14-,15-,17?/m0/s1. The molecule has 0 spiro atoms. The van der Waals surface area contributed by atoms with Crippen molar-refractivity contribution in [3.63, 3.8) is 0 Å². The van der Waals surface area contributed by atoms with Crippen LogP contribution in [0.3, 0.4) is 0 Å². The Morgan fingerprint density at radius 2 is 1.86 bits per heavy atom. The van der Waals surface area contributed by atoms with Crippen LogP contribution in [-0.2, 0) is 6.54 Å². The Morgan fingerprint density at radius 1 is 1.05 bits per heavy atom. The first kappa shape index (κ1) is 12.5. The van der Waals surface area contributed by atoms with Crippen molar-refractivity contribution in [1.29, 1.82) is 0 Å². The van der Waals surface area contributed by atoms with Crippen LogP contribution in [0, 0.1) is 23.7 Å². The highest BCUT2D eigenvalue weighted by atomic mass is 35.5. The monoisotopic (exact) mass is 300 g/mol. The molecule has 2 nitrogen and oxygen atoms in total. The maximum atomic E-state index is 6.10. The molecule has 3 heteroatoms. The van der Waals surface area contributed by atoms with Gasteiger partial charge in [-0.15, -0.1) is 0 Å². The summed E-state index contributed by atoms with van der Waals surface area (Å²) in [6, 6.07) is 8.48. The van der Waals surface area contributed by atoms with E-state index in [1.165, 1.54) is 49.9 Å². The molecule has 4 aliphatic rings. The van der Waals surface area contributed by atoms with E-state index in [2.05, 4.69) is 33.9 Å². The number of benzene rings is 1. The zero-order valence-corrected chi connectivity index (χ0v) is 13.0. The molecular weight excluding hydrogens is 280 g/mol. The van der Waals surface area contributed by atoms with Crippen molar-refractivity contribution in [1.82, 2.24) is 9.47 Å². The Labute approximate surface area is 130 Å². The summed E-state index contributed by atoms with van der Waals surface area (Å²) in [5.74, 6) is 3.74. The van der Waals surface area contributed by atoms with Crippen LogP contribution in [0.25, 0.3) is 10.9 Å². The Bertz CT molecular complexity index is 662. The first-order valence-corrected chi connectivity index (χ1v) is 8.61. The highest BCUT2D eigenvalue weighted by Gasteiger charge is 2.47. The third-order valence-electron chi connectivity index (χ3n) is 6.13.